The molecule has 0 aliphatic rings. The van der Waals surface area contributed by atoms with Gasteiger partial charge in [0.05, 0.1) is 5.38 Å². The van der Waals surface area contributed by atoms with Crippen LogP contribution in [-0.4, -0.2) is 0 Å². The molecule has 0 saturated carbocycles. The van der Waals surface area contributed by atoms with Crippen LogP contribution in [0.4, 0.5) is 0 Å². The van der Waals surface area contributed by atoms with Gasteiger partial charge in [-0.05, 0) is 12.3 Å². The summed E-state index contributed by atoms with van der Waals surface area (Å²) >= 11 is 1.67. The fourth-order valence-corrected chi connectivity index (χ4v) is 1.61. The summed E-state index contributed by atoms with van der Waals surface area (Å²) in [7, 11) is 0. The normalized spacial score (nSPS) is 9.31. The molecule has 0 N–H and O–H groups in total. The average molecular weight is 194 g/mol. The highest BCUT2D eigenvalue weighted by Crippen LogP contribution is 2.00. The van der Waals surface area contributed by atoms with Gasteiger partial charge < -0.3 is 0 Å². The molecule has 0 aliphatic heterocycles. The van der Waals surface area contributed by atoms with E-state index in [-0.39, 0.29) is 0 Å². The van der Waals surface area contributed by atoms with E-state index in [2.05, 4.69) is 18.9 Å². The van der Waals surface area contributed by atoms with Crippen LogP contribution in [0.2, 0.25) is 0 Å². The molecule has 0 aliphatic carbocycles. The van der Waals surface area contributed by atoms with Crippen molar-refractivity contribution in [2.75, 3.05) is 0 Å². The molecule has 0 bridgehead atoms. The van der Waals surface area contributed by atoms with Gasteiger partial charge in [0.2, 0.25) is 11.6 Å². The van der Waals surface area contributed by atoms with Crippen LogP contribution in [0.15, 0.2) is 17.1 Å². The minimum absolute atomic E-state index is 1.03. The van der Waals surface area contributed by atoms with Crippen molar-refractivity contribution in [3.8, 4) is 12.0 Å². The second kappa shape index (κ2) is 6.68. The van der Waals surface area contributed by atoms with Crippen molar-refractivity contribution >= 4 is 11.3 Å². The Labute approximate surface area is 84.4 Å². The zero-order valence-electron chi connectivity index (χ0n) is 8.12. The monoisotopic (exact) mass is 194 g/mol. The van der Waals surface area contributed by atoms with Crippen LogP contribution in [-0.2, 0) is 0 Å². The molecule has 0 spiro atoms. The van der Waals surface area contributed by atoms with Gasteiger partial charge in [0.15, 0.2) is 6.20 Å². The Bertz CT molecular complexity index is 266. The smallest absolute Gasteiger partial charge is 0.108 e. The van der Waals surface area contributed by atoms with Gasteiger partial charge in [-0.1, -0.05) is 37.5 Å². The summed E-state index contributed by atoms with van der Waals surface area (Å²) in [6.07, 6.45) is 8.22. The lowest BCUT2D eigenvalue weighted by Crippen LogP contribution is -2.22. The first kappa shape index (κ1) is 10.3. The molecule has 1 nitrogen and oxygen atoms in total. The van der Waals surface area contributed by atoms with Crippen LogP contribution in [0.5, 0.6) is 0 Å². The van der Waals surface area contributed by atoms with Crippen LogP contribution in [0, 0.1) is 12.0 Å². The van der Waals surface area contributed by atoms with E-state index in [1.54, 1.807) is 11.3 Å². The molecule has 2 heteroatoms. The molecule has 0 saturated heterocycles. The fraction of sp³-hybridized carbons (Fsp3) is 0.545. The van der Waals surface area contributed by atoms with E-state index in [0.29, 0.717) is 0 Å². The maximum atomic E-state index is 3.17. The number of rotatable bonds is 4. The van der Waals surface area contributed by atoms with E-state index < -0.39 is 0 Å². The van der Waals surface area contributed by atoms with Crippen molar-refractivity contribution in [1.29, 1.82) is 0 Å². The molecule has 70 valence electrons. The Morgan fingerprint density at radius 1 is 1.31 bits per heavy atom. The molecular weight excluding hydrogens is 178 g/mol. The van der Waals surface area contributed by atoms with E-state index >= 15 is 0 Å². The SMILES string of the molecule is CCCCCCC#C[n+]1ccsc1. The van der Waals surface area contributed by atoms with E-state index in [1.807, 2.05) is 21.7 Å². The molecule has 0 amide bonds. The minimum Gasteiger partial charge on any atom is -0.108 e. The zero-order valence-corrected chi connectivity index (χ0v) is 8.94. The summed E-state index contributed by atoms with van der Waals surface area (Å²) in [5.74, 6) is 3.17. The van der Waals surface area contributed by atoms with Gasteiger partial charge in [-0.2, -0.15) is 0 Å². The standard InChI is InChI=1S/C11H16NS/c1-2-3-4-5-6-7-8-12-9-10-13-11-12/h9-11H,2-6H2,1H3/q+1. The third-order valence-electron chi connectivity index (χ3n) is 1.84. The van der Waals surface area contributed by atoms with E-state index in [0.717, 1.165) is 6.42 Å². The zero-order chi connectivity index (χ0) is 9.36. The van der Waals surface area contributed by atoms with Crippen molar-refractivity contribution in [2.45, 2.75) is 39.0 Å². The summed E-state index contributed by atoms with van der Waals surface area (Å²) in [6, 6.07) is 3.08. The van der Waals surface area contributed by atoms with Gasteiger partial charge in [-0.25, -0.2) is 0 Å². The molecule has 0 atom stereocenters. The topological polar surface area (TPSA) is 3.88 Å². The van der Waals surface area contributed by atoms with Crippen molar-refractivity contribution in [1.82, 2.24) is 0 Å². The van der Waals surface area contributed by atoms with Gasteiger partial charge in [0.25, 0.3) is 0 Å². The molecule has 0 aromatic carbocycles. The fourth-order valence-electron chi connectivity index (χ4n) is 1.09. The molecule has 1 aromatic rings. The molecule has 1 heterocycles. The number of thiazole rings is 1. The number of hydrogen-bond acceptors (Lipinski definition) is 1. The first-order valence-electron chi connectivity index (χ1n) is 4.86. The summed E-state index contributed by atoms with van der Waals surface area (Å²) in [6.45, 7) is 2.23. The number of nitrogens with zero attached hydrogens (tertiary/aromatic N) is 1. The quantitative estimate of drug-likeness (QED) is 0.394. The maximum absolute atomic E-state index is 3.17. The largest absolute Gasteiger partial charge is 0.240 e. The molecule has 0 unspecified atom stereocenters. The number of unbranched alkanes of at least 4 members (excludes halogenated alkanes) is 4. The van der Waals surface area contributed by atoms with Crippen molar-refractivity contribution in [2.24, 2.45) is 0 Å². The summed E-state index contributed by atoms with van der Waals surface area (Å²) in [4.78, 5) is 0. The van der Waals surface area contributed by atoms with Crippen LogP contribution < -0.4 is 4.57 Å². The average Bonchev–Trinajstić information content (AvgIpc) is 2.63. The van der Waals surface area contributed by atoms with Crippen molar-refractivity contribution < 1.29 is 4.57 Å². The lowest BCUT2D eigenvalue weighted by Gasteiger charge is -1.90. The summed E-state index contributed by atoms with van der Waals surface area (Å²) < 4.78 is 1.92. The van der Waals surface area contributed by atoms with E-state index in [1.165, 1.54) is 25.7 Å². The molecule has 1 aromatic heterocycles. The molecule has 0 fully saturated rings. The minimum atomic E-state index is 1.03. The lowest BCUT2D eigenvalue weighted by molar-refractivity contribution is -0.577. The van der Waals surface area contributed by atoms with Crippen molar-refractivity contribution in [3.05, 3.63) is 17.1 Å². The number of aromatic nitrogens is 1. The van der Waals surface area contributed by atoms with Gasteiger partial charge in [0.1, 0.15) is 0 Å². The highest BCUT2D eigenvalue weighted by molar-refractivity contribution is 7.07. The maximum Gasteiger partial charge on any atom is 0.240 e. The van der Waals surface area contributed by atoms with Gasteiger partial charge in [-0.15, -0.1) is 4.57 Å². The van der Waals surface area contributed by atoms with E-state index in [9.17, 15) is 0 Å². The Kier molecular flexibility index (Phi) is 5.28. The molecule has 13 heavy (non-hydrogen) atoms. The third-order valence-corrected chi connectivity index (χ3v) is 2.47. The predicted octanol–water partition coefficient (Wildman–Crippen LogP) is 2.82. The highest BCUT2D eigenvalue weighted by atomic mass is 32.1. The van der Waals surface area contributed by atoms with Crippen LogP contribution in [0.3, 0.4) is 0 Å². The molecular formula is C11H16NS+. The van der Waals surface area contributed by atoms with Gasteiger partial charge in [0, 0.05) is 6.42 Å². The van der Waals surface area contributed by atoms with Crippen LogP contribution in [0.25, 0.3) is 0 Å². The Morgan fingerprint density at radius 3 is 2.92 bits per heavy atom. The summed E-state index contributed by atoms with van der Waals surface area (Å²) in [5.41, 5.74) is 2.01. The second-order valence-electron chi connectivity index (χ2n) is 3.03. The Hall–Kier alpha value is -0.810. The second-order valence-corrected chi connectivity index (χ2v) is 3.79. The van der Waals surface area contributed by atoms with E-state index in [4.69, 9.17) is 0 Å². The third kappa shape index (κ3) is 4.69. The summed E-state index contributed by atoms with van der Waals surface area (Å²) in [5, 5.41) is 2.03. The Morgan fingerprint density at radius 2 is 2.23 bits per heavy atom. The first-order chi connectivity index (χ1) is 6.43. The van der Waals surface area contributed by atoms with Crippen LogP contribution in [0.1, 0.15) is 39.0 Å². The molecule has 1 rings (SSSR count). The first-order valence-corrected chi connectivity index (χ1v) is 5.80. The lowest BCUT2D eigenvalue weighted by atomic mass is 10.2. The van der Waals surface area contributed by atoms with Crippen molar-refractivity contribution in [3.63, 3.8) is 0 Å². The van der Waals surface area contributed by atoms with Crippen LogP contribution >= 0.6 is 11.3 Å². The van der Waals surface area contributed by atoms with Gasteiger partial charge in [-0.3, -0.25) is 0 Å². The highest BCUT2D eigenvalue weighted by Gasteiger charge is 1.91. The Balaban J connectivity index is 2.11. The molecule has 0 radical (unpaired) electrons. The number of hydrogen-bond donors (Lipinski definition) is 0. The predicted molar refractivity (Wildman–Crippen MR) is 56.4 cm³/mol. The van der Waals surface area contributed by atoms with Gasteiger partial charge >= 0.3 is 0 Å².